The highest BCUT2D eigenvalue weighted by atomic mass is 15.2. The van der Waals surface area contributed by atoms with Gasteiger partial charge in [0.2, 0.25) is 5.95 Å². The molecule has 0 saturated carbocycles. The van der Waals surface area contributed by atoms with Gasteiger partial charge < -0.3 is 9.13 Å². The number of aromatic nitrogens is 6. The zero-order chi connectivity index (χ0) is 40.0. The van der Waals surface area contributed by atoms with E-state index in [2.05, 4.69) is 184 Å². The zero-order valence-electron chi connectivity index (χ0n) is 32.8. The molecule has 6 heteroatoms. The number of hydrogen-bond donors (Lipinski definition) is 0. The molecule has 0 aliphatic heterocycles. The molecule has 0 fully saturated rings. The van der Waals surface area contributed by atoms with Gasteiger partial charge in [-0.3, -0.25) is 4.57 Å². The molecule has 0 aliphatic carbocycles. The van der Waals surface area contributed by atoms with Crippen LogP contribution in [0.25, 0.3) is 116 Å². The van der Waals surface area contributed by atoms with E-state index in [1.54, 1.807) is 0 Å². The van der Waals surface area contributed by atoms with Crippen LogP contribution in [0, 0.1) is 0 Å². The van der Waals surface area contributed by atoms with Gasteiger partial charge in [-0.1, -0.05) is 158 Å². The maximum Gasteiger partial charge on any atom is 0.238 e. The van der Waals surface area contributed by atoms with Crippen molar-refractivity contribution in [2.75, 3.05) is 0 Å². The second-order valence-electron chi connectivity index (χ2n) is 15.6. The molecule has 0 amide bonds. The summed E-state index contributed by atoms with van der Waals surface area (Å²) in [6.45, 7) is 0. The average Bonchev–Trinajstić information content (AvgIpc) is 3.99. The summed E-state index contributed by atoms with van der Waals surface area (Å²) in [6, 6.07) is 73.0. The summed E-state index contributed by atoms with van der Waals surface area (Å²) >= 11 is 0. The van der Waals surface area contributed by atoms with Gasteiger partial charge in [0.05, 0.1) is 33.1 Å². The molecule has 9 aromatic carbocycles. The maximum absolute atomic E-state index is 5.37. The number of nitrogens with zero attached hydrogens (tertiary/aromatic N) is 6. The van der Waals surface area contributed by atoms with Crippen LogP contribution in [0.2, 0.25) is 0 Å². The fraction of sp³-hybridized carbons (Fsp3) is 0. The molecule has 13 aromatic rings. The Kier molecular flexibility index (Phi) is 7.21. The summed E-state index contributed by atoms with van der Waals surface area (Å²) in [5.41, 5.74) is 10.7. The van der Waals surface area contributed by atoms with E-state index in [9.17, 15) is 0 Å². The Morgan fingerprint density at radius 2 is 0.689 bits per heavy atom. The molecular formula is C55H34N6. The third-order valence-corrected chi connectivity index (χ3v) is 12.2. The molecule has 4 heterocycles. The van der Waals surface area contributed by atoms with E-state index in [1.807, 2.05) is 36.4 Å². The zero-order valence-corrected chi connectivity index (χ0v) is 32.8. The summed E-state index contributed by atoms with van der Waals surface area (Å²) < 4.78 is 7.16. The predicted molar refractivity (Wildman–Crippen MR) is 251 cm³/mol. The Labute approximate surface area is 349 Å². The minimum Gasteiger partial charge on any atom is -0.309 e. The highest BCUT2D eigenvalue weighted by Crippen LogP contribution is 2.50. The molecule has 61 heavy (non-hydrogen) atoms. The lowest BCUT2D eigenvalue weighted by atomic mass is 9.95. The van der Waals surface area contributed by atoms with Crippen molar-refractivity contribution in [2.45, 2.75) is 0 Å². The molecule has 4 aromatic heterocycles. The molecule has 0 aliphatic rings. The summed E-state index contributed by atoms with van der Waals surface area (Å²) in [5, 5.41) is 9.50. The quantitative estimate of drug-likeness (QED) is 0.175. The first-order chi connectivity index (χ1) is 30.3. The fourth-order valence-corrected chi connectivity index (χ4v) is 9.79. The molecule has 13 rings (SSSR count). The Bertz CT molecular complexity index is 3790. The lowest BCUT2D eigenvalue weighted by Gasteiger charge is -2.15. The van der Waals surface area contributed by atoms with Crippen molar-refractivity contribution < 1.29 is 0 Å². The lowest BCUT2D eigenvalue weighted by molar-refractivity contribution is 0.953. The van der Waals surface area contributed by atoms with Gasteiger partial charge in [-0.25, -0.2) is 4.98 Å². The number of rotatable bonds is 5. The molecule has 6 nitrogen and oxygen atoms in total. The maximum atomic E-state index is 5.37. The minimum absolute atomic E-state index is 0.561. The molecule has 0 bridgehead atoms. The van der Waals surface area contributed by atoms with Crippen molar-refractivity contribution in [3.63, 3.8) is 0 Å². The van der Waals surface area contributed by atoms with Gasteiger partial charge in [-0.15, -0.1) is 0 Å². The normalized spacial score (nSPS) is 11.9. The van der Waals surface area contributed by atoms with Crippen LogP contribution in [0.1, 0.15) is 0 Å². The molecule has 0 unspecified atom stereocenters. The standard InChI is InChI=1S/C55H34N6/c1-5-19-35(20-6-1)53-56-54(36-21-7-2-8-22-36)58-55(57-53)61-45-32-18-13-27-39(45)47-42-33-34-46-48(40-28-14-16-30-43(40)59(46)37-23-9-3-10-24-37)49(42)50-41-29-15-17-31-44(41)60(52(50)51(47)61)38-25-11-4-12-26-38/h1-34H. The van der Waals surface area contributed by atoms with Crippen LogP contribution >= 0.6 is 0 Å². The van der Waals surface area contributed by atoms with Crippen molar-refractivity contribution >= 4 is 76.2 Å². The van der Waals surface area contributed by atoms with E-state index in [0.717, 1.165) is 55.3 Å². The Morgan fingerprint density at radius 3 is 1.26 bits per heavy atom. The first-order valence-electron chi connectivity index (χ1n) is 20.6. The minimum atomic E-state index is 0.561. The first kappa shape index (κ1) is 33.6. The van der Waals surface area contributed by atoms with Crippen LogP contribution in [-0.4, -0.2) is 28.7 Å². The van der Waals surface area contributed by atoms with E-state index < -0.39 is 0 Å². The van der Waals surface area contributed by atoms with Gasteiger partial charge in [0.15, 0.2) is 11.6 Å². The van der Waals surface area contributed by atoms with Crippen LogP contribution in [0.4, 0.5) is 0 Å². The van der Waals surface area contributed by atoms with E-state index in [4.69, 9.17) is 15.0 Å². The van der Waals surface area contributed by atoms with Crippen molar-refractivity contribution in [3.8, 4) is 40.1 Å². The summed E-state index contributed by atoms with van der Waals surface area (Å²) in [4.78, 5) is 15.8. The van der Waals surface area contributed by atoms with Gasteiger partial charge in [-0.05, 0) is 53.9 Å². The average molecular weight is 779 g/mol. The molecule has 0 radical (unpaired) electrons. The van der Waals surface area contributed by atoms with Gasteiger partial charge >= 0.3 is 0 Å². The van der Waals surface area contributed by atoms with Gasteiger partial charge in [-0.2, -0.15) is 9.97 Å². The molecular weight excluding hydrogens is 745 g/mol. The largest absolute Gasteiger partial charge is 0.309 e. The Balaban J connectivity index is 1.30. The third kappa shape index (κ3) is 4.87. The fourth-order valence-electron chi connectivity index (χ4n) is 9.79. The molecule has 0 N–H and O–H groups in total. The van der Waals surface area contributed by atoms with Crippen molar-refractivity contribution in [2.24, 2.45) is 0 Å². The Hall–Kier alpha value is -8.35. The number of para-hydroxylation sites is 5. The smallest absolute Gasteiger partial charge is 0.238 e. The van der Waals surface area contributed by atoms with Crippen LogP contribution in [0.5, 0.6) is 0 Å². The number of hydrogen-bond acceptors (Lipinski definition) is 3. The van der Waals surface area contributed by atoms with Crippen molar-refractivity contribution in [1.29, 1.82) is 0 Å². The molecule has 0 atom stereocenters. The predicted octanol–water partition coefficient (Wildman–Crippen LogP) is 13.7. The van der Waals surface area contributed by atoms with Gasteiger partial charge in [0.1, 0.15) is 0 Å². The van der Waals surface area contributed by atoms with Crippen LogP contribution in [0.15, 0.2) is 206 Å². The summed E-state index contributed by atoms with van der Waals surface area (Å²) in [5.74, 6) is 1.80. The third-order valence-electron chi connectivity index (χ3n) is 12.2. The summed E-state index contributed by atoms with van der Waals surface area (Å²) in [6.07, 6.45) is 0. The Morgan fingerprint density at radius 1 is 0.262 bits per heavy atom. The van der Waals surface area contributed by atoms with E-state index in [-0.39, 0.29) is 0 Å². The number of benzene rings is 9. The molecule has 0 spiro atoms. The highest BCUT2D eigenvalue weighted by Gasteiger charge is 2.28. The lowest BCUT2D eigenvalue weighted by Crippen LogP contribution is -2.07. The van der Waals surface area contributed by atoms with Crippen LogP contribution in [-0.2, 0) is 0 Å². The van der Waals surface area contributed by atoms with Crippen LogP contribution in [0.3, 0.4) is 0 Å². The van der Waals surface area contributed by atoms with Crippen molar-refractivity contribution in [1.82, 2.24) is 28.7 Å². The van der Waals surface area contributed by atoms with E-state index >= 15 is 0 Å². The SMILES string of the molecule is c1ccc(-c2nc(-c3ccccc3)nc(-n3c4ccccc4c4c5ccc6c(c7ccccc7n6-c6ccccc6)c5c5c6ccccc6n(-c6ccccc6)c5c43)n2)cc1. The van der Waals surface area contributed by atoms with E-state index in [1.165, 1.54) is 43.4 Å². The topological polar surface area (TPSA) is 53.5 Å². The van der Waals surface area contributed by atoms with Gasteiger partial charge in [0, 0.05) is 60.2 Å². The molecule has 0 saturated heterocycles. The summed E-state index contributed by atoms with van der Waals surface area (Å²) in [7, 11) is 0. The first-order valence-corrected chi connectivity index (χ1v) is 20.6. The second-order valence-corrected chi connectivity index (χ2v) is 15.6. The molecule has 284 valence electrons. The second kappa shape index (κ2) is 13.1. The highest BCUT2D eigenvalue weighted by molar-refractivity contribution is 6.42. The van der Waals surface area contributed by atoms with E-state index in [0.29, 0.717) is 17.6 Å². The number of fused-ring (bicyclic) bond motifs is 14. The monoisotopic (exact) mass is 778 g/mol. The van der Waals surface area contributed by atoms with Crippen LogP contribution < -0.4 is 0 Å². The van der Waals surface area contributed by atoms with Crippen molar-refractivity contribution in [3.05, 3.63) is 206 Å². The van der Waals surface area contributed by atoms with Gasteiger partial charge in [0.25, 0.3) is 0 Å².